The molecular formula is C4H5N2S2. The second kappa shape index (κ2) is 2.46. The number of nitrogens with zero attached hydrogens (tertiary/aromatic N) is 2. The van der Waals surface area contributed by atoms with Crippen LogP contribution in [0.3, 0.4) is 0 Å². The van der Waals surface area contributed by atoms with E-state index in [1.165, 1.54) is 11.8 Å². The summed E-state index contributed by atoms with van der Waals surface area (Å²) in [7, 11) is 0. The fraction of sp³-hybridized carbons (Fsp3) is 0.250. The van der Waals surface area contributed by atoms with Gasteiger partial charge in [0, 0.05) is 6.26 Å². The SMILES string of the molecule is [CH2]Sc1nnc(C)s1. The first kappa shape index (κ1) is 6.04. The molecular weight excluding hydrogens is 140 g/mol. The maximum atomic E-state index is 3.80. The van der Waals surface area contributed by atoms with Crippen molar-refractivity contribution in [2.75, 3.05) is 0 Å². The number of rotatable bonds is 1. The van der Waals surface area contributed by atoms with Crippen LogP contribution in [0.25, 0.3) is 0 Å². The maximum absolute atomic E-state index is 3.80. The number of aromatic nitrogens is 2. The minimum absolute atomic E-state index is 0.933. The zero-order valence-electron chi connectivity index (χ0n) is 4.42. The van der Waals surface area contributed by atoms with E-state index in [0.29, 0.717) is 0 Å². The number of hydrogen-bond donors (Lipinski definition) is 0. The molecule has 0 spiro atoms. The Balaban J connectivity index is 2.84. The molecule has 1 rings (SSSR count). The molecule has 0 aliphatic carbocycles. The molecule has 2 nitrogen and oxygen atoms in total. The van der Waals surface area contributed by atoms with Gasteiger partial charge < -0.3 is 0 Å². The largest absolute Gasteiger partial charge is 0.174 e. The highest BCUT2D eigenvalue weighted by atomic mass is 32.2. The van der Waals surface area contributed by atoms with Crippen LogP contribution in [0.15, 0.2) is 4.34 Å². The molecule has 8 heavy (non-hydrogen) atoms. The molecule has 0 amide bonds. The van der Waals surface area contributed by atoms with Gasteiger partial charge in [0.15, 0.2) is 4.34 Å². The van der Waals surface area contributed by atoms with Gasteiger partial charge in [-0.3, -0.25) is 0 Å². The van der Waals surface area contributed by atoms with E-state index in [1.807, 2.05) is 6.92 Å². The molecule has 0 saturated carbocycles. The first-order chi connectivity index (χ1) is 3.83. The highest BCUT2D eigenvalue weighted by Gasteiger charge is 1.94. The Labute approximate surface area is 56.3 Å². The molecule has 1 aromatic heterocycles. The standard InChI is InChI=1S/C4H5N2S2/c1-3-5-6-4(7-2)8-3/h2H2,1H3. The third kappa shape index (κ3) is 1.20. The molecule has 0 bridgehead atoms. The van der Waals surface area contributed by atoms with Crippen LogP contribution in [0.5, 0.6) is 0 Å². The summed E-state index contributed by atoms with van der Waals surface area (Å²) in [5, 5.41) is 8.59. The van der Waals surface area contributed by atoms with Crippen LogP contribution >= 0.6 is 23.1 Å². The predicted octanol–water partition coefficient (Wildman–Crippen LogP) is 1.73. The fourth-order valence-corrected chi connectivity index (χ4v) is 1.45. The Morgan fingerprint density at radius 1 is 1.62 bits per heavy atom. The molecule has 1 aromatic rings. The smallest absolute Gasteiger partial charge is 0.143 e. The lowest BCUT2D eigenvalue weighted by atomic mass is 10.9. The summed E-state index contributed by atoms with van der Waals surface area (Å²) in [4.78, 5) is 0. The summed E-state index contributed by atoms with van der Waals surface area (Å²) in [6.07, 6.45) is 3.59. The first-order valence-electron chi connectivity index (χ1n) is 2.05. The van der Waals surface area contributed by atoms with E-state index < -0.39 is 0 Å². The van der Waals surface area contributed by atoms with Gasteiger partial charge in [-0.2, -0.15) is 0 Å². The van der Waals surface area contributed by atoms with Crippen LogP contribution in [-0.4, -0.2) is 10.2 Å². The van der Waals surface area contributed by atoms with Crippen LogP contribution in [-0.2, 0) is 0 Å². The van der Waals surface area contributed by atoms with Crippen molar-refractivity contribution >= 4 is 23.1 Å². The Hall–Kier alpha value is -0.0900. The summed E-state index contributed by atoms with van der Waals surface area (Å²) < 4.78 is 0.933. The van der Waals surface area contributed by atoms with Crippen molar-refractivity contribution in [3.05, 3.63) is 11.3 Å². The third-order valence-corrected chi connectivity index (χ3v) is 2.20. The van der Waals surface area contributed by atoms with E-state index in [4.69, 9.17) is 0 Å². The van der Waals surface area contributed by atoms with Gasteiger partial charge in [0.25, 0.3) is 0 Å². The Kier molecular flexibility index (Phi) is 1.85. The molecule has 0 saturated heterocycles. The van der Waals surface area contributed by atoms with Gasteiger partial charge in [0.1, 0.15) is 5.01 Å². The zero-order valence-corrected chi connectivity index (χ0v) is 6.05. The van der Waals surface area contributed by atoms with E-state index in [0.717, 1.165) is 9.35 Å². The molecule has 0 aliphatic rings. The van der Waals surface area contributed by atoms with Crippen molar-refractivity contribution in [1.82, 2.24) is 10.2 Å². The highest BCUT2D eigenvalue weighted by molar-refractivity contribution is 8.02. The zero-order chi connectivity index (χ0) is 5.98. The molecule has 0 aromatic carbocycles. The molecule has 1 heterocycles. The van der Waals surface area contributed by atoms with Crippen molar-refractivity contribution in [3.8, 4) is 0 Å². The van der Waals surface area contributed by atoms with Crippen LogP contribution < -0.4 is 0 Å². The van der Waals surface area contributed by atoms with E-state index in [2.05, 4.69) is 16.5 Å². The third-order valence-electron chi connectivity index (χ3n) is 0.631. The molecule has 0 unspecified atom stereocenters. The number of aryl methyl sites for hydroxylation is 1. The lowest BCUT2D eigenvalue weighted by Crippen LogP contribution is -1.67. The number of thioether (sulfide) groups is 1. The summed E-state index contributed by atoms with van der Waals surface area (Å²) in [6.45, 7) is 1.93. The molecule has 1 radical (unpaired) electrons. The van der Waals surface area contributed by atoms with E-state index in [1.54, 1.807) is 11.3 Å². The van der Waals surface area contributed by atoms with Crippen molar-refractivity contribution < 1.29 is 0 Å². The molecule has 0 aliphatic heterocycles. The minimum Gasteiger partial charge on any atom is -0.143 e. The van der Waals surface area contributed by atoms with Gasteiger partial charge >= 0.3 is 0 Å². The van der Waals surface area contributed by atoms with E-state index in [-0.39, 0.29) is 0 Å². The van der Waals surface area contributed by atoms with Crippen molar-refractivity contribution in [1.29, 1.82) is 0 Å². The topological polar surface area (TPSA) is 25.8 Å². The summed E-state index contributed by atoms with van der Waals surface area (Å²) >= 11 is 2.95. The van der Waals surface area contributed by atoms with Gasteiger partial charge in [-0.1, -0.05) is 23.1 Å². The Bertz CT molecular complexity index is 172. The molecule has 0 fully saturated rings. The van der Waals surface area contributed by atoms with E-state index >= 15 is 0 Å². The predicted molar refractivity (Wildman–Crippen MR) is 35.9 cm³/mol. The number of hydrogen-bond acceptors (Lipinski definition) is 4. The van der Waals surface area contributed by atoms with Crippen LogP contribution in [0.2, 0.25) is 0 Å². The van der Waals surface area contributed by atoms with Gasteiger partial charge in [0.05, 0.1) is 0 Å². The summed E-state index contributed by atoms with van der Waals surface area (Å²) in [5.41, 5.74) is 0. The summed E-state index contributed by atoms with van der Waals surface area (Å²) in [5.74, 6) is 0. The Morgan fingerprint density at radius 3 is 2.62 bits per heavy atom. The molecule has 0 atom stereocenters. The van der Waals surface area contributed by atoms with Gasteiger partial charge in [-0.05, 0) is 6.92 Å². The van der Waals surface area contributed by atoms with Crippen molar-refractivity contribution in [3.63, 3.8) is 0 Å². The maximum Gasteiger partial charge on any atom is 0.174 e. The lowest BCUT2D eigenvalue weighted by molar-refractivity contribution is 0.986. The second-order valence-electron chi connectivity index (χ2n) is 1.23. The van der Waals surface area contributed by atoms with E-state index in [9.17, 15) is 0 Å². The van der Waals surface area contributed by atoms with Crippen LogP contribution in [0.1, 0.15) is 5.01 Å². The quantitative estimate of drug-likeness (QED) is 0.563. The monoisotopic (exact) mass is 145 g/mol. The Morgan fingerprint density at radius 2 is 2.38 bits per heavy atom. The fourth-order valence-electron chi connectivity index (χ4n) is 0.337. The van der Waals surface area contributed by atoms with Gasteiger partial charge in [-0.15, -0.1) is 10.2 Å². The van der Waals surface area contributed by atoms with Crippen LogP contribution in [0.4, 0.5) is 0 Å². The second-order valence-corrected chi connectivity index (χ2v) is 3.35. The summed E-state index contributed by atoms with van der Waals surface area (Å²) in [6, 6.07) is 0. The average molecular weight is 145 g/mol. The van der Waals surface area contributed by atoms with Gasteiger partial charge in [0.2, 0.25) is 0 Å². The molecule has 0 N–H and O–H groups in total. The van der Waals surface area contributed by atoms with Crippen LogP contribution in [0, 0.1) is 13.2 Å². The normalized spacial score (nSPS) is 9.75. The lowest BCUT2D eigenvalue weighted by Gasteiger charge is -1.75. The average Bonchev–Trinajstić information content (AvgIpc) is 2.14. The molecule has 4 heteroatoms. The van der Waals surface area contributed by atoms with Gasteiger partial charge in [-0.25, -0.2) is 0 Å². The van der Waals surface area contributed by atoms with Crippen molar-refractivity contribution in [2.24, 2.45) is 0 Å². The van der Waals surface area contributed by atoms with Crippen molar-refractivity contribution in [2.45, 2.75) is 11.3 Å². The molecule has 43 valence electrons. The minimum atomic E-state index is 0.933. The first-order valence-corrected chi connectivity index (χ1v) is 3.85. The highest BCUT2D eigenvalue weighted by Crippen LogP contribution is 2.19.